The van der Waals surface area contributed by atoms with Crippen molar-refractivity contribution in [1.82, 2.24) is 10.4 Å². The molecule has 6 heteroatoms. The predicted octanol–water partition coefficient (Wildman–Crippen LogP) is 1.33. The molecule has 1 fully saturated rings. The fourth-order valence-electron chi connectivity index (χ4n) is 2.76. The van der Waals surface area contributed by atoms with Crippen molar-refractivity contribution in [3.63, 3.8) is 0 Å². The number of carbonyl (C=O) groups excluding carboxylic acids is 2. The van der Waals surface area contributed by atoms with Crippen LogP contribution in [0.3, 0.4) is 0 Å². The minimum Gasteiger partial charge on any atom is -0.383 e. The van der Waals surface area contributed by atoms with Crippen molar-refractivity contribution in [1.29, 1.82) is 0 Å². The van der Waals surface area contributed by atoms with Crippen LogP contribution in [0.1, 0.15) is 45.4 Å². The molecule has 2 atom stereocenters. The van der Waals surface area contributed by atoms with Crippen LogP contribution in [0.15, 0.2) is 0 Å². The van der Waals surface area contributed by atoms with Crippen molar-refractivity contribution >= 4 is 11.8 Å². The first kappa shape index (κ1) is 16.9. The fourth-order valence-corrected chi connectivity index (χ4v) is 2.76. The van der Waals surface area contributed by atoms with E-state index in [2.05, 4.69) is 6.92 Å². The molecule has 1 heterocycles. The lowest BCUT2D eigenvalue weighted by molar-refractivity contribution is -0.142. The van der Waals surface area contributed by atoms with Gasteiger partial charge in [-0.3, -0.25) is 14.8 Å². The smallest absolute Gasteiger partial charge is 0.244 e. The van der Waals surface area contributed by atoms with Crippen LogP contribution in [0.4, 0.5) is 0 Å². The van der Waals surface area contributed by atoms with Crippen molar-refractivity contribution in [2.24, 2.45) is 5.92 Å². The van der Waals surface area contributed by atoms with Gasteiger partial charge in [0.1, 0.15) is 0 Å². The zero-order chi connectivity index (χ0) is 15.0. The van der Waals surface area contributed by atoms with Crippen molar-refractivity contribution in [2.45, 2.75) is 51.5 Å². The number of hydrogen-bond donors (Lipinski definition) is 2. The molecular formula is C14H26N2O4. The summed E-state index contributed by atoms with van der Waals surface area (Å²) in [6.45, 7) is 3.33. The summed E-state index contributed by atoms with van der Waals surface area (Å²) in [5, 5.41) is 8.65. The number of hydrogen-bond acceptors (Lipinski definition) is 4. The van der Waals surface area contributed by atoms with Crippen LogP contribution in [-0.2, 0) is 14.3 Å². The molecule has 0 aromatic carbocycles. The van der Waals surface area contributed by atoms with E-state index in [0.29, 0.717) is 13.0 Å². The first-order valence-electron chi connectivity index (χ1n) is 7.36. The molecule has 1 aliphatic heterocycles. The Labute approximate surface area is 120 Å². The molecule has 2 amide bonds. The third kappa shape index (κ3) is 4.76. The molecule has 0 aromatic rings. The van der Waals surface area contributed by atoms with Gasteiger partial charge in [0.2, 0.25) is 11.8 Å². The Morgan fingerprint density at radius 2 is 2.25 bits per heavy atom. The van der Waals surface area contributed by atoms with Gasteiger partial charge in [0, 0.05) is 26.0 Å². The zero-order valence-corrected chi connectivity index (χ0v) is 12.4. The number of ether oxygens (including phenoxy) is 1. The molecule has 0 spiro atoms. The number of nitrogens with zero attached hydrogens (tertiary/aromatic N) is 1. The van der Waals surface area contributed by atoms with E-state index < -0.39 is 5.91 Å². The summed E-state index contributed by atoms with van der Waals surface area (Å²) in [6, 6.07) is 0.119. The average Bonchev–Trinajstić information content (AvgIpc) is 2.91. The molecule has 0 bridgehead atoms. The van der Waals surface area contributed by atoms with Gasteiger partial charge in [-0.1, -0.05) is 19.8 Å². The topological polar surface area (TPSA) is 78.9 Å². The monoisotopic (exact) mass is 286 g/mol. The second kappa shape index (κ2) is 8.92. The van der Waals surface area contributed by atoms with Crippen LogP contribution < -0.4 is 5.48 Å². The van der Waals surface area contributed by atoms with Crippen molar-refractivity contribution in [3.05, 3.63) is 0 Å². The number of methoxy groups -OCH3 is 1. The summed E-state index contributed by atoms with van der Waals surface area (Å²) in [7, 11) is 1.63. The van der Waals surface area contributed by atoms with Crippen LogP contribution in [-0.4, -0.2) is 48.2 Å². The van der Waals surface area contributed by atoms with Gasteiger partial charge in [-0.25, -0.2) is 5.48 Å². The molecule has 20 heavy (non-hydrogen) atoms. The molecule has 0 radical (unpaired) electrons. The molecule has 1 rings (SSSR count). The molecule has 0 saturated carbocycles. The maximum absolute atomic E-state index is 12.6. The van der Waals surface area contributed by atoms with Crippen LogP contribution >= 0.6 is 0 Å². The molecule has 0 unspecified atom stereocenters. The van der Waals surface area contributed by atoms with Gasteiger partial charge in [-0.2, -0.15) is 0 Å². The Bertz CT molecular complexity index is 322. The fraction of sp³-hybridized carbons (Fsp3) is 0.857. The van der Waals surface area contributed by atoms with E-state index in [1.54, 1.807) is 12.6 Å². The van der Waals surface area contributed by atoms with Gasteiger partial charge < -0.3 is 9.64 Å². The van der Waals surface area contributed by atoms with E-state index in [-0.39, 0.29) is 24.3 Å². The first-order chi connectivity index (χ1) is 9.63. The van der Waals surface area contributed by atoms with E-state index in [1.165, 1.54) is 0 Å². The van der Waals surface area contributed by atoms with Crippen LogP contribution in [0.2, 0.25) is 0 Å². The van der Waals surface area contributed by atoms with E-state index >= 15 is 0 Å². The van der Waals surface area contributed by atoms with Crippen LogP contribution in [0.25, 0.3) is 0 Å². The summed E-state index contributed by atoms with van der Waals surface area (Å²) >= 11 is 0. The average molecular weight is 286 g/mol. The van der Waals surface area contributed by atoms with Crippen LogP contribution in [0.5, 0.6) is 0 Å². The molecule has 0 aliphatic carbocycles. The Morgan fingerprint density at radius 3 is 2.85 bits per heavy atom. The number of unbranched alkanes of at least 4 members (excludes halogenated alkanes) is 1. The van der Waals surface area contributed by atoms with Gasteiger partial charge in [0.05, 0.1) is 12.6 Å². The van der Waals surface area contributed by atoms with Crippen molar-refractivity contribution < 1.29 is 19.5 Å². The normalized spacial score (nSPS) is 19.9. The maximum atomic E-state index is 12.6. The maximum Gasteiger partial charge on any atom is 0.244 e. The highest BCUT2D eigenvalue weighted by molar-refractivity contribution is 5.85. The minimum atomic E-state index is -0.498. The lowest BCUT2D eigenvalue weighted by Crippen LogP contribution is -2.42. The number of likely N-dealkylation sites (tertiary alicyclic amines) is 1. The SMILES string of the molecule is CCCC[C@H](CC(=O)NO)C(=O)N1CCC[C@H]1COC. The van der Waals surface area contributed by atoms with E-state index in [1.807, 2.05) is 4.90 Å². The number of rotatable bonds is 8. The highest BCUT2D eigenvalue weighted by Crippen LogP contribution is 2.24. The Hall–Kier alpha value is -1.14. The summed E-state index contributed by atoms with van der Waals surface area (Å²) in [5.74, 6) is -0.830. The molecule has 116 valence electrons. The van der Waals surface area contributed by atoms with Gasteiger partial charge in [-0.15, -0.1) is 0 Å². The van der Waals surface area contributed by atoms with Crippen LogP contribution in [0, 0.1) is 5.92 Å². The zero-order valence-electron chi connectivity index (χ0n) is 12.4. The third-order valence-electron chi connectivity index (χ3n) is 3.83. The molecule has 2 N–H and O–H groups in total. The second-order valence-electron chi connectivity index (χ2n) is 5.36. The summed E-state index contributed by atoms with van der Waals surface area (Å²) < 4.78 is 5.16. The quantitative estimate of drug-likeness (QED) is 0.521. The van der Waals surface area contributed by atoms with Gasteiger partial charge in [-0.05, 0) is 19.3 Å². The number of nitrogens with one attached hydrogen (secondary N) is 1. The lowest BCUT2D eigenvalue weighted by atomic mass is 9.96. The number of amides is 2. The van der Waals surface area contributed by atoms with Gasteiger partial charge in [0.15, 0.2) is 0 Å². The van der Waals surface area contributed by atoms with E-state index in [0.717, 1.165) is 32.2 Å². The standard InChI is InChI=1S/C14H26N2O4/c1-3-4-6-11(9-13(17)15-19)14(18)16-8-5-7-12(16)10-20-2/h11-12,19H,3-10H2,1-2H3,(H,15,17)/t11-,12+/m1/s1. The summed E-state index contributed by atoms with van der Waals surface area (Å²) in [4.78, 5) is 25.8. The van der Waals surface area contributed by atoms with Gasteiger partial charge >= 0.3 is 0 Å². The molecule has 1 saturated heterocycles. The Kier molecular flexibility index (Phi) is 7.54. The number of hydroxylamine groups is 1. The molecule has 0 aromatic heterocycles. The van der Waals surface area contributed by atoms with Crippen molar-refractivity contribution in [3.8, 4) is 0 Å². The highest BCUT2D eigenvalue weighted by atomic mass is 16.5. The largest absolute Gasteiger partial charge is 0.383 e. The molecule has 6 nitrogen and oxygen atoms in total. The number of carbonyl (C=O) groups is 2. The Balaban J connectivity index is 2.67. The van der Waals surface area contributed by atoms with E-state index in [4.69, 9.17) is 9.94 Å². The second-order valence-corrected chi connectivity index (χ2v) is 5.36. The predicted molar refractivity (Wildman–Crippen MR) is 74.2 cm³/mol. The third-order valence-corrected chi connectivity index (χ3v) is 3.83. The first-order valence-corrected chi connectivity index (χ1v) is 7.36. The Morgan fingerprint density at radius 1 is 1.50 bits per heavy atom. The molecular weight excluding hydrogens is 260 g/mol. The van der Waals surface area contributed by atoms with Crippen molar-refractivity contribution in [2.75, 3.05) is 20.3 Å². The highest BCUT2D eigenvalue weighted by Gasteiger charge is 2.33. The minimum absolute atomic E-state index is 0.0154. The summed E-state index contributed by atoms with van der Waals surface area (Å²) in [6.07, 6.45) is 4.53. The van der Waals surface area contributed by atoms with Gasteiger partial charge in [0.25, 0.3) is 0 Å². The summed E-state index contributed by atoms with van der Waals surface area (Å²) in [5.41, 5.74) is 1.62. The molecule has 1 aliphatic rings. The van der Waals surface area contributed by atoms with E-state index in [9.17, 15) is 9.59 Å². The lowest BCUT2D eigenvalue weighted by Gasteiger charge is -2.28.